The molecule has 1 N–H and O–H groups in total. The molecule has 1 amide bonds. The Balaban J connectivity index is 1.42. The van der Waals surface area contributed by atoms with Gasteiger partial charge < -0.3 is 5.32 Å². The van der Waals surface area contributed by atoms with Crippen molar-refractivity contribution in [2.75, 3.05) is 11.1 Å². The van der Waals surface area contributed by atoms with Crippen molar-refractivity contribution < 1.29 is 14.4 Å². The molecule has 0 spiro atoms. The molecule has 1 aliphatic carbocycles. The van der Waals surface area contributed by atoms with E-state index in [0.29, 0.717) is 28.8 Å². The van der Waals surface area contributed by atoms with Crippen molar-refractivity contribution >= 4 is 34.9 Å². The number of thioether (sulfide) groups is 1. The second kappa shape index (κ2) is 8.67. The Hall–Kier alpha value is -3.18. The standard InChI is InChI=1S/C25H21NO3S/c1-16-11-13-17(14-12-16)30-15-5-10-22(27)26-21-9-4-8-20-23(21)25(29)19-7-3-2-6-18(19)24(20)28/h2-4,6-9,11-14H,5,10,15H2,1H3,(H,26,27). The highest BCUT2D eigenvalue weighted by Crippen LogP contribution is 2.32. The minimum absolute atomic E-state index is 0.160. The van der Waals surface area contributed by atoms with E-state index in [1.165, 1.54) is 10.5 Å². The first kappa shape index (κ1) is 20.1. The van der Waals surface area contributed by atoms with Crippen molar-refractivity contribution in [1.29, 1.82) is 0 Å². The maximum absolute atomic E-state index is 13.0. The molecule has 4 nitrogen and oxygen atoms in total. The van der Waals surface area contributed by atoms with Crippen LogP contribution in [0, 0.1) is 6.92 Å². The lowest BCUT2D eigenvalue weighted by Gasteiger charge is -2.20. The minimum atomic E-state index is -0.231. The highest BCUT2D eigenvalue weighted by molar-refractivity contribution is 7.99. The number of ketones is 2. The van der Waals surface area contributed by atoms with Crippen molar-refractivity contribution in [3.05, 3.63) is 94.5 Å². The number of hydrogen-bond donors (Lipinski definition) is 1. The lowest BCUT2D eigenvalue weighted by atomic mass is 9.83. The lowest BCUT2D eigenvalue weighted by Crippen LogP contribution is -2.23. The summed E-state index contributed by atoms with van der Waals surface area (Å²) in [5.41, 5.74) is 3.03. The van der Waals surface area contributed by atoms with E-state index in [1.54, 1.807) is 54.2 Å². The van der Waals surface area contributed by atoms with Gasteiger partial charge in [0.15, 0.2) is 11.6 Å². The van der Waals surface area contributed by atoms with E-state index in [9.17, 15) is 14.4 Å². The number of fused-ring (bicyclic) bond motifs is 2. The van der Waals surface area contributed by atoms with E-state index in [4.69, 9.17) is 0 Å². The van der Waals surface area contributed by atoms with E-state index >= 15 is 0 Å². The average Bonchev–Trinajstić information content (AvgIpc) is 2.76. The Morgan fingerprint density at radius 1 is 0.833 bits per heavy atom. The van der Waals surface area contributed by atoms with Crippen LogP contribution in [-0.4, -0.2) is 23.2 Å². The number of amides is 1. The normalized spacial score (nSPS) is 12.3. The summed E-state index contributed by atoms with van der Waals surface area (Å²) >= 11 is 1.71. The maximum atomic E-state index is 13.0. The van der Waals surface area contributed by atoms with E-state index in [0.717, 1.165) is 12.2 Å². The Morgan fingerprint density at radius 3 is 2.23 bits per heavy atom. The van der Waals surface area contributed by atoms with Gasteiger partial charge in [-0.25, -0.2) is 0 Å². The van der Waals surface area contributed by atoms with Gasteiger partial charge in [-0.1, -0.05) is 54.1 Å². The van der Waals surface area contributed by atoms with Crippen LogP contribution in [0.1, 0.15) is 50.2 Å². The van der Waals surface area contributed by atoms with Crippen molar-refractivity contribution in [2.24, 2.45) is 0 Å². The number of aryl methyl sites for hydroxylation is 1. The molecule has 5 heteroatoms. The molecule has 0 saturated carbocycles. The van der Waals surface area contributed by atoms with E-state index < -0.39 is 0 Å². The van der Waals surface area contributed by atoms with Crippen molar-refractivity contribution in [3.8, 4) is 0 Å². The Bertz CT molecular complexity index is 1140. The summed E-state index contributed by atoms with van der Waals surface area (Å²) in [5, 5.41) is 2.84. The zero-order valence-electron chi connectivity index (χ0n) is 16.6. The van der Waals surface area contributed by atoms with Crippen LogP contribution in [0.25, 0.3) is 0 Å². The number of anilines is 1. The van der Waals surface area contributed by atoms with Crippen LogP contribution in [0.5, 0.6) is 0 Å². The predicted molar refractivity (Wildman–Crippen MR) is 120 cm³/mol. The fourth-order valence-corrected chi connectivity index (χ4v) is 4.37. The Kier molecular flexibility index (Phi) is 5.81. The summed E-state index contributed by atoms with van der Waals surface area (Å²) < 4.78 is 0. The molecule has 0 heterocycles. The summed E-state index contributed by atoms with van der Waals surface area (Å²) in [7, 11) is 0. The molecule has 150 valence electrons. The molecule has 0 unspecified atom stereocenters. The van der Waals surface area contributed by atoms with Crippen LogP contribution in [0.4, 0.5) is 5.69 Å². The van der Waals surface area contributed by atoms with Gasteiger partial charge >= 0.3 is 0 Å². The fourth-order valence-electron chi connectivity index (χ4n) is 3.52. The molecule has 0 atom stereocenters. The van der Waals surface area contributed by atoms with Gasteiger partial charge in [-0.05, 0) is 37.3 Å². The smallest absolute Gasteiger partial charge is 0.224 e. The zero-order valence-corrected chi connectivity index (χ0v) is 17.4. The van der Waals surface area contributed by atoms with Gasteiger partial charge in [0.05, 0.1) is 11.3 Å². The molecule has 3 aromatic rings. The van der Waals surface area contributed by atoms with Crippen LogP contribution in [0.3, 0.4) is 0 Å². The zero-order chi connectivity index (χ0) is 21.1. The third kappa shape index (κ3) is 4.07. The summed E-state index contributed by atoms with van der Waals surface area (Å²) in [6, 6.07) is 20.1. The number of benzene rings is 3. The van der Waals surface area contributed by atoms with Crippen LogP contribution in [0.15, 0.2) is 71.6 Å². The second-order valence-corrected chi connectivity index (χ2v) is 8.41. The second-order valence-electron chi connectivity index (χ2n) is 7.25. The highest BCUT2D eigenvalue weighted by atomic mass is 32.2. The molecule has 4 rings (SSSR count). The molecule has 3 aromatic carbocycles. The summed E-state index contributed by atoms with van der Waals surface area (Å²) in [4.78, 5) is 39.4. The van der Waals surface area contributed by atoms with Gasteiger partial charge in [0.1, 0.15) is 0 Å². The van der Waals surface area contributed by atoms with E-state index in [2.05, 4.69) is 36.5 Å². The monoisotopic (exact) mass is 415 g/mol. The van der Waals surface area contributed by atoms with Gasteiger partial charge in [-0.15, -0.1) is 11.8 Å². The number of rotatable bonds is 6. The number of hydrogen-bond acceptors (Lipinski definition) is 4. The average molecular weight is 416 g/mol. The summed E-state index contributed by atoms with van der Waals surface area (Å²) in [6.07, 6.45) is 1.07. The maximum Gasteiger partial charge on any atom is 0.224 e. The van der Waals surface area contributed by atoms with E-state index in [-0.39, 0.29) is 23.0 Å². The molecule has 0 fully saturated rings. The van der Waals surface area contributed by atoms with Gasteiger partial charge in [0.2, 0.25) is 5.91 Å². The Labute approximate surface area is 179 Å². The summed E-state index contributed by atoms with van der Waals surface area (Å²) in [6.45, 7) is 2.05. The molecular weight excluding hydrogens is 394 g/mol. The SMILES string of the molecule is Cc1ccc(SCCCC(=O)Nc2cccc3c2C(=O)c2ccccc2C3=O)cc1. The van der Waals surface area contributed by atoms with Crippen LogP contribution in [-0.2, 0) is 4.79 Å². The third-order valence-electron chi connectivity index (χ3n) is 5.06. The first-order valence-corrected chi connectivity index (χ1v) is 10.8. The van der Waals surface area contributed by atoms with Crippen molar-refractivity contribution in [1.82, 2.24) is 0 Å². The van der Waals surface area contributed by atoms with Crippen LogP contribution in [0.2, 0.25) is 0 Å². The molecule has 1 aliphatic rings. The number of carbonyl (C=O) groups is 3. The highest BCUT2D eigenvalue weighted by Gasteiger charge is 2.31. The van der Waals surface area contributed by atoms with Gasteiger partial charge in [-0.2, -0.15) is 0 Å². The molecule has 30 heavy (non-hydrogen) atoms. The lowest BCUT2D eigenvalue weighted by molar-refractivity contribution is -0.116. The van der Waals surface area contributed by atoms with Crippen LogP contribution < -0.4 is 5.32 Å². The number of nitrogens with one attached hydrogen (secondary N) is 1. The van der Waals surface area contributed by atoms with Gasteiger partial charge in [0.25, 0.3) is 0 Å². The van der Waals surface area contributed by atoms with Crippen molar-refractivity contribution in [3.63, 3.8) is 0 Å². The molecule has 0 bridgehead atoms. The molecule has 0 radical (unpaired) electrons. The quantitative estimate of drug-likeness (QED) is 0.344. The first-order valence-electron chi connectivity index (χ1n) is 9.85. The fraction of sp³-hybridized carbons (Fsp3) is 0.160. The molecular formula is C25H21NO3S. The van der Waals surface area contributed by atoms with Crippen LogP contribution >= 0.6 is 11.8 Å². The minimum Gasteiger partial charge on any atom is -0.325 e. The van der Waals surface area contributed by atoms with E-state index in [1.807, 2.05) is 0 Å². The molecule has 0 saturated heterocycles. The number of carbonyl (C=O) groups excluding carboxylic acids is 3. The molecule has 0 aromatic heterocycles. The largest absolute Gasteiger partial charge is 0.325 e. The van der Waals surface area contributed by atoms with Gasteiger partial charge in [-0.3, -0.25) is 14.4 Å². The topological polar surface area (TPSA) is 63.2 Å². The molecule has 0 aliphatic heterocycles. The van der Waals surface area contributed by atoms with Crippen molar-refractivity contribution in [2.45, 2.75) is 24.7 Å². The summed E-state index contributed by atoms with van der Waals surface area (Å²) in [5.74, 6) is 0.248. The van der Waals surface area contributed by atoms with Gasteiger partial charge in [0, 0.05) is 28.0 Å². The first-order chi connectivity index (χ1) is 14.5. The third-order valence-corrected chi connectivity index (χ3v) is 6.16. The Morgan fingerprint density at radius 2 is 1.50 bits per heavy atom. The predicted octanol–water partition coefficient (Wildman–Crippen LogP) is 5.28.